The van der Waals surface area contributed by atoms with Gasteiger partial charge in [0.2, 0.25) is 0 Å². The summed E-state index contributed by atoms with van der Waals surface area (Å²) in [5, 5.41) is 0. The number of carbonyl (C=O) groups excluding carboxylic acids is 3. The number of rotatable bonds is 54. The Morgan fingerprint density at radius 1 is 0.290 bits per heavy atom. The molecule has 0 heterocycles. The molecule has 0 amide bonds. The second kappa shape index (κ2) is 57.7. The summed E-state index contributed by atoms with van der Waals surface area (Å²) in [6, 6.07) is 0. The van der Waals surface area contributed by atoms with E-state index >= 15 is 0 Å². The minimum atomic E-state index is -0.788. The lowest BCUT2D eigenvalue weighted by molar-refractivity contribution is -0.167. The van der Waals surface area contributed by atoms with E-state index in [1.807, 2.05) is 0 Å². The molecule has 0 aliphatic carbocycles. The first-order chi connectivity index (χ1) is 34.0. The zero-order valence-corrected chi connectivity index (χ0v) is 45.8. The maximum Gasteiger partial charge on any atom is 0.306 e. The van der Waals surface area contributed by atoms with Gasteiger partial charge in [0.1, 0.15) is 13.2 Å². The maximum atomic E-state index is 12.9. The quantitative estimate of drug-likeness (QED) is 0.0262. The Morgan fingerprint density at radius 2 is 0.522 bits per heavy atom. The van der Waals surface area contributed by atoms with Crippen molar-refractivity contribution in [1.82, 2.24) is 0 Å². The van der Waals surface area contributed by atoms with Crippen LogP contribution in [0.15, 0.2) is 60.8 Å². The maximum absolute atomic E-state index is 12.9. The van der Waals surface area contributed by atoms with Crippen LogP contribution in [0.4, 0.5) is 0 Å². The van der Waals surface area contributed by atoms with Gasteiger partial charge in [-0.15, -0.1) is 0 Å². The lowest BCUT2D eigenvalue weighted by atomic mass is 10.1. The van der Waals surface area contributed by atoms with Gasteiger partial charge in [-0.25, -0.2) is 0 Å². The number of hydrogen-bond donors (Lipinski definition) is 0. The van der Waals surface area contributed by atoms with E-state index in [4.69, 9.17) is 14.2 Å². The molecule has 0 aliphatic rings. The van der Waals surface area contributed by atoms with E-state index in [2.05, 4.69) is 81.5 Å². The highest BCUT2D eigenvalue weighted by molar-refractivity contribution is 5.71. The number of hydrogen-bond acceptors (Lipinski definition) is 6. The van der Waals surface area contributed by atoms with E-state index in [9.17, 15) is 14.4 Å². The molecule has 0 aromatic heterocycles. The summed E-state index contributed by atoms with van der Waals surface area (Å²) in [5.74, 6) is -0.903. The van der Waals surface area contributed by atoms with Gasteiger partial charge in [0.05, 0.1) is 0 Å². The molecule has 0 saturated carbocycles. The number of allylic oxidation sites excluding steroid dienone is 10. The van der Waals surface area contributed by atoms with Gasteiger partial charge in [0, 0.05) is 19.3 Å². The molecule has 0 rings (SSSR count). The Bertz CT molecular complexity index is 1250. The molecule has 0 aliphatic heterocycles. The van der Waals surface area contributed by atoms with Crippen molar-refractivity contribution in [2.75, 3.05) is 13.2 Å². The molecule has 400 valence electrons. The van der Waals surface area contributed by atoms with E-state index in [1.165, 1.54) is 180 Å². The van der Waals surface area contributed by atoms with Crippen molar-refractivity contribution < 1.29 is 28.6 Å². The monoisotopic (exact) mass is 965 g/mol. The van der Waals surface area contributed by atoms with Crippen LogP contribution in [0.1, 0.15) is 303 Å². The van der Waals surface area contributed by atoms with Crippen molar-refractivity contribution in [3.63, 3.8) is 0 Å². The van der Waals surface area contributed by atoms with E-state index in [0.717, 1.165) is 83.5 Å². The summed E-state index contributed by atoms with van der Waals surface area (Å²) in [7, 11) is 0. The predicted octanol–water partition coefficient (Wildman–Crippen LogP) is 20.0. The van der Waals surface area contributed by atoms with Crippen LogP contribution in [0.2, 0.25) is 0 Å². The molecular formula is C63H112O6. The first-order valence-corrected chi connectivity index (χ1v) is 29.8. The van der Waals surface area contributed by atoms with Gasteiger partial charge in [0.15, 0.2) is 6.10 Å². The van der Waals surface area contributed by atoms with E-state index < -0.39 is 6.10 Å². The van der Waals surface area contributed by atoms with Crippen LogP contribution in [0, 0.1) is 0 Å². The van der Waals surface area contributed by atoms with Crippen LogP contribution >= 0.6 is 0 Å². The SMILES string of the molecule is CCCCC/C=C/C/C=C/C/C=C/CCCCCCC(=O)OC[C@@H](COC(=O)CCCCCCCCC/C=C/CCCCCCCC)OC(=O)CCCCCCCCC/C=C/CCCCCCCC. The Kier molecular flexibility index (Phi) is 55.3. The smallest absolute Gasteiger partial charge is 0.306 e. The molecule has 0 N–H and O–H groups in total. The molecule has 1 atom stereocenters. The molecule has 0 unspecified atom stereocenters. The third-order valence-corrected chi connectivity index (χ3v) is 13.0. The van der Waals surface area contributed by atoms with Crippen LogP contribution in [0.5, 0.6) is 0 Å². The Hall–Kier alpha value is -2.89. The normalized spacial score (nSPS) is 12.4. The minimum Gasteiger partial charge on any atom is -0.462 e. The summed E-state index contributed by atoms with van der Waals surface area (Å²) in [6.45, 7) is 6.61. The number of carbonyl (C=O) groups is 3. The molecule has 0 radical (unpaired) electrons. The number of esters is 3. The lowest BCUT2D eigenvalue weighted by Crippen LogP contribution is -2.30. The molecule has 0 bridgehead atoms. The summed E-state index contributed by atoms with van der Waals surface area (Å²) in [6.07, 6.45) is 72.0. The van der Waals surface area contributed by atoms with Crippen LogP contribution in [0.3, 0.4) is 0 Å². The fourth-order valence-electron chi connectivity index (χ4n) is 8.44. The lowest BCUT2D eigenvalue weighted by Gasteiger charge is -2.18. The van der Waals surface area contributed by atoms with Crippen LogP contribution in [0.25, 0.3) is 0 Å². The molecule has 69 heavy (non-hydrogen) atoms. The van der Waals surface area contributed by atoms with Gasteiger partial charge >= 0.3 is 17.9 Å². The van der Waals surface area contributed by atoms with E-state index in [1.54, 1.807) is 0 Å². The number of ether oxygens (including phenoxy) is 3. The second-order valence-corrected chi connectivity index (χ2v) is 19.9. The van der Waals surface area contributed by atoms with Gasteiger partial charge in [-0.05, 0) is 109 Å². The van der Waals surface area contributed by atoms with Crippen molar-refractivity contribution in [3.05, 3.63) is 60.8 Å². The van der Waals surface area contributed by atoms with Gasteiger partial charge in [-0.2, -0.15) is 0 Å². The van der Waals surface area contributed by atoms with Crippen molar-refractivity contribution >= 4 is 17.9 Å². The zero-order valence-electron chi connectivity index (χ0n) is 45.8. The highest BCUT2D eigenvalue weighted by Crippen LogP contribution is 2.15. The first kappa shape index (κ1) is 66.1. The third-order valence-electron chi connectivity index (χ3n) is 13.0. The summed E-state index contributed by atoms with van der Waals surface area (Å²) in [5.41, 5.74) is 0. The average molecular weight is 966 g/mol. The topological polar surface area (TPSA) is 78.9 Å². The van der Waals surface area contributed by atoms with Gasteiger partial charge in [-0.1, -0.05) is 236 Å². The highest BCUT2D eigenvalue weighted by atomic mass is 16.6. The second-order valence-electron chi connectivity index (χ2n) is 19.9. The zero-order chi connectivity index (χ0) is 50.0. The molecule has 6 heteroatoms. The number of unbranched alkanes of at least 4 members (excludes halogenated alkanes) is 33. The van der Waals surface area contributed by atoms with Crippen molar-refractivity contribution in [3.8, 4) is 0 Å². The summed E-state index contributed by atoms with van der Waals surface area (Å²) in [4.78, 5) is 38.2. The van der Waals surface area contributed by atoms with Gasteiger partial charge < -0.3 is 14.2 Å². The summed E-state index contributed by atoms with van der Waals surface area (Å²) < 4.78 is 16.9. The van der Waals surface area contributed by atoms with Crippen LogP contribution in [-0.2, 0) is 28.6 Å². The first-order valence-electron chi connectivity index (χ1n) is 29.8. The molecule has 0 saturated heterocycles. The standard InChI is InChI=1S/C63H112O6/c1-4-7-10-13-16-19-22-25-28-31-34-37-40-43-46-49-52-55-61(64)67-58-60(69-63(66)57-54-51-48-45-42-39-36-33-30-27-24-21-18-15-12-9-6-3)59-68-62(65)56-53-50-47-44-41-38-35-32-29-26-23-20-17-14-11-8-5-2/h16,19,25-30,34,37,60H,4-15,17-18,20-24,31-33,35-36,38-59H2,1-3H3/b19-16+,28-25+,29-26+,30-27+,37-34+/t60-/m0/s1. The van der Waals surface area contributed by atoms with E-state index in [-0.39, 0.29) is 31.1 Å². The fourth-order valence-corrected chi connectivity index (χ4v) is 8.44. The molecular weight excluding hydrogens is 853 g/mol. The highest BCUT2D eigenvalue weighted by Gasteiger charge is 2.19. The average Bonchev–Trinajstić information content (AvgIpc) is 3.35. The van der Waals surface area contributed by atoms with Crippen LogP contribution < -0.4 is 0 Å². The van der Waals surface area contributed by atoms with Crippen molar-refractivity contribution in [2.24, 2.45) is 0 Å². The Morgan fingerprint density at radius 3 is 0.855 bits per heavy atom. The molecule has 0 fully saturated rings. The Balaban J connectivity index is 4.42. The molecule has 6 nitrogen and oxygen atoms in total. The van der Waals surface area contributed by atoms with Gasteiger partial charge in [0.25, 0.3) is 0 Å². The predicted molar refractivity (Wildman–Crippen MR) is 298 cm³/mol. The Labute approximate surface area is 428 Å². The van der Waals surface area contributed by atoms with Crippen molar-refractivity contribution in [2.45, 2.75) is 309 Å². The van der Waals surface area contributed by atoms with Crippen LogP contribution in [-0.4, -0.2) is 37.2 Å². The fraction of sp³-hybridized carbons (Fsp3) is 0.794. The largest absolute Gasteiger partial charge is 0.462 e. The molecule has 0 aromatic carbocycles. The molecule has 0 aromatic rings. The third kappa shape index (κ3) is 55.9. The van der Waals surface area contributed by atoms with Gasteiger partial charge in [-0.3, -0.25) is 14.4 Å². The van der Waals surface area contributed by atoms with Crippen molar-refractivity contribution in [1.29, 1.82) is 0 Å². The van der Waals surface area contributed by atoms with E-state index in [0.29, 0.717) is 19.3 Å². The minimum absolute atomic E-state index is 0.0843. The molecule has 0 spiro atoms. The summed E-state index contributed by atoms with van der Waals surface area (Å²) >= 11 is 0.